The van der Waals surface area contributed by atoms with Crippen LogP contribution in [-0.4, -0.2) is 15.3 Å². The number of carbonyl (C=O) groups excluding carboxylic acids is 1. The van der Waals surface area contributed by atoms with E-state index in [0.29, 0.717) is 11.3 Å². The van der Waals surface area contributed by atoms with Crippen molar-refractivity contribution in [3.63, 3.8) is 0 Å². The van der Waals surface area contributed by atoms with Gasteiger partial charge >= 0.3 is 6.55 Å². The highest BCUT2D eigenvalue weighted by Crippen LogP contribution is 2.20. The zero-order valence-corrected chi connectivity index (χ0v) is 10.2. The zero-order valence-electron chi connectivity index (χ0n) is 10.2. The van der Waals surface area contributed by atoms with Gasteiger partial charge in [-0.2, -0.15) is 8.78 Å². The van der Waals surface area contributed by atoms with E-state index in [0.717, 1.165) is 4.57 Å². The van der Waals surface area contributed by atoms with E-state index in [1.54, 1.807) is 24.3 Å². The molecule has 0 radical (unpaired) electrons. The van der Waals surface area contributed by atoms with Crippen LogP contribution in [0, 0.1) is 0 Å². The first kappa shape index (κ1) is 13.2. The molecule has 0 aliphatic carbocycles. The molecule has 0 spiro atoms. The van der Waals surface area contributed by atoms with Crippen LogP contribution in [0.4, 0.5) is 8.78 Å². The van der Waals surface area contributed by atoms with Crippen LogP contribution in [0.25, 0.3) is 0 Å². The Morgan fingerprint density at radius 1 is 1.42 bits per heavy atom. The van der Waals surface area contributed by atoms with Gasteiger partial charge < -0.3 is 4.74 Å². The van der Waals surface area contributed by atoms with Crippen LogP contribution in [0.2, 0.25) is 0 Å². The third-order valence-electron chi connectivity index (χ3n) is 2.58. The molecule has 19 heavy (non-hydrogen) atoms. The number of hydrogen-bond donors (Lipinski definition) is 0. The molecule has 1 aromatic carbocycles. The molecule has 0 amide bonds. The average molecular weight is 266 g/mol. The first-order valence-electron chi connectivity index (χ1n) is 5.62. The Balaban J connectivity index is 2.15. The van der Waals surface area contributed by atoms with Crippen LogP contribution in [0.1, 0.15) is 29.7 Å². The summed E-state index contributed by atoms with van der Waals surface area (Å²) in [6, 6.07) is 6.66. The van der Waals surface area contributed by atoms with Crippen molar-refractivity contribution in [3.05, 3.63) is 48.0 Å². The second-order valence-corrected chi connectivity index (χ2v) is 3.87. The lowest BCUT2D eigenvalue weighted by atomic mass is 10.1. The van der Waals surface area contributed by atoms with Crippen LogP contribution in [-0.2, 0) is 6.61 Å². The number of ether oxygens (including phenoxy) is 1. The molecule has 0 bridgehead atoms. The normalized spacial score (nSPS) is 10.7. The van der Waals surface area contributed by atoms with Crippen molar-refractivity contribution < 1.29 is 18.3 Å². The summed E-state index contributed by atoms with van der Waals surface area (Å²) in [7, 11) is 0. The molecule has 4 nitrogen and oxygen atoms in total. The molecular formula is C13H12F2N2O2. The summed E-state index contributed by atoms with van der Waals surface area (Å²) in [6.07, 6.45) is 2.46. The molecule has 0 saturated heterocycles. The molecule has 0 saturated carbocycles. The molecule has 1 aromatic heterocycles. The summed E-state index contributed by atoms with van der Waals surface area (Å²) < 4.78 is 31.3. The zero-order chi connectivity index (χ0) is 13.8. The van der Waals surface area contributed by atoms with E-state index >= 15 is 0 Å². The monoisotopic (exact) mass is 266 g/mol. The Bertz CT molecular complexity index is 582. The van der Waals surface area contributed by atoms with Gasteiger partial charge in [-0.1, -0.05) is 12.1 Å². The Morgan fingerprint density at radius 3 is 2.84 bits per heavy atom. The van der Waals surface area contributed by atoms with Crippen molar-refractivity contribution in [1.29, 1.82) is 0 Å². The number of alkyl halides is 2. The van der Waals surface area contributed by atoms with Crippen LogP contribution in [0.5, 0.6) is 5.75 Å². The molecular weight excluding hydrogens is 254 g/mol. The van der Waals surface area contributed by atoms with Crippen molar-refractivity contribution in [1.82, 2.24) is 9.55 Å². The van der Waals surface area contributed by atoms with Gasteiger partial charge in [0.25, 0.3) is 0 Å². The van der Waals surface area contributed by atoms with Gasteiger partial charge in [0.15, 0.2) is 11.6 Å². The van der Waals surface area contributed by atoms with Gasteiger partial charge in [-0.25, -0.2) is 4.98 Å². The van der Waals surface area contributed by atoms with Crippen molar-refractivity contribution in [2.24, 2.45) is 0 Å². The number of carbonyl (C=O) groups is 1. The molecule has 2 aromatic rings. The lowest BCUT2D eigenvalue weighted by molar-refractivity contribution is 0.0631. The van der Waals surface area contributed by atoms with E-state index in [-0.39, 0.29) is 18.2 Å². The first-order chi connectivity index (χ1) is 9.09. The molecule has 0 aliphatic heterocycles. The smallest absolute Gasteiger partial charge is 0.320 e. The summed E-state index contributed by atoms with van der Waals surface area (Å²) in [4.78, 5) is 15.2. The summed E-state index contributed by atoms with van der Waals surface area (Å²) in [5.41, 5.74) is 0.414. The largest absolute Gasteiger partial charge is 0.485 e. The van der Waals surface area contributed by atoms with E-state index in [2.05, 4.69) is 4.98 Å². The number of aromatic nitrogens is 2. The third kappa shape index (κ3) is 2.96. The van der Waals surface area contributed by atoms with Gasteiger partial charge in [-0.05, 0) is 19.1 Å². The molecule has 0 unspecified atom stereocenters. The molecule has 1 heterocycles. The molecule has 0 aliphatic rings. The Hall–Kier alpha value is -2.24. The second-order valence-electron chi connectivity index (χ2n) is 3.87. The standard InChI is InChI=1S/C13H12F2N2O2/c1-9(18)10-4-2-3-5-11(10)19-8-12-16-6-7-17(12)13(14)15/h2-7,13H,8H2,1H3. The van der Waals surface area contributed by atoms with E-state index in [9.17, 15) is 13.6 Å². The summed E-state index contributed by atoms with van der Waals surface area (Å²) >= 11 is 0. The number of para-hydroxylation sites is 1. The lowest BCUT2D eigenvalue weighted by Gasteiger charge is -2.10. The molecule has 0 atom stereocenters. The number of nitrogens with zero attached hydrogens (tertiary/aromatic N) is 2. The summed E-state index contributed by atoms with van der Waals surface area (Å²) in [6.45, 7) is -1.37. The topological polar surface area (TPSA) is 44.1 Å². The van der Waals surface area contributed by atoms with Crippen molar-refractivity contribution in [3.8, 4) is 5.75 Å². The Kier molecular flexibility index (Phi) is 3.89. The number of imidazole rings is 1. The van der Waals surface area contributed by atoms with Crippen molar-refractivity contribution in [2.75, 3.05) is 0 Å². The molecule has 100 valence electrons. The van der Waals surface area contributed by atoms with Crippen LogP contribution >= 0.6 is 0 Å². The van der Waals surface area contributed by atoms with E-state index in [1.165, 1.54) is 19.3 Å². The van der Waals surface area contributed by atoms with Gasteiger partial charge in [0, 0.05) is 12.4 Å². The lowest BCUT2D eigenvalue weighted by Crippen LogP contribution is -2.08. The minimum absolute atomic E-state index is 0.105. The Morgan fingerprint density at radius 2 is 2.16 bits per heavy atom. The molecule has 6 heteroatoms. The second kappa shape index (κ2) is 5.60. The maximum atomic E-state index is 12.6. The predicted octanol–water partition coefficient (Wildman–Crippen LogP) is 3.06. The van der Waals surface area contributed by atoms with Crippen LogP contribution in [0.15, 0.2) is 36.7 Å². The SMILES string of the molecule is CC(=O)c1ccccc1OCc1nccn1C(F)F. The highest BCUT2D eigenvalue weighted by molar-refractivity contribution is 5.96. The highest BCUT2D eigenvalue weighted by Gasteiger charge is 2.13. The number of halogens is 2. The fraction of sp³-hybridized carbons (Fsp3) is 0.231. The van der Waals surface area contributed by atoms with Crippen LogP contribution < -0.4 is 4.74 Å². The summed E-state index contributed by atoms with van der Waals surface area (Å²) in [5.74, 6) is 0.319. The third-order valence-corrected chi connectivity index (χ3v) is 2.58. The minimum Gasteiger partial charge on any atom is -0.485 e. The first-order valence-corrected chi connectivity index (χ1v) is 5.62. The number of hydrogen-bond acceptors (Lipinski definition) is 3. The van der Waals surface area contributed by atoms with E-state index in [1.807, 2.05) is 0 Å². The maximum Gasteiger partial charge on any atom is 0.320 e. The number of Topliss-reactive ketones (excluding diaryl/α,β-unsaturated/α-hetero) is 1. The van der Waals surface area contributed by atoms with Crippen LogP contribution in [0.3, 0.4) is 0 Å². The fourth-order valence-electron chi connectivity index (χ4n) is 1.66. The average Bonchev–Trinajstić information content (AvgIpc) is 2.85. The summed E-state index contributed by atoms with van der Waals surface area (Å²) in [5, 5.41) is 0. The van der Waals surface area contributed by atoms with Crippen molar-refractivity contribution in [2.45, 2.75) is 20.1 Å². The van der Waals surface area contributed by atoms with Gasteiger partial charge in [0.2, 0.25) is 0 Å². The number of benzene rings is 1. The molecule has 0 fully saturated rings. The van der Waals surface area contributed by atoms with Gasteiger partial charge in [-0.3, -0.25) is 9.36 Å². The van der Waals surface area contributed by atoms with Crippen molar-refractivity contribution >= 4 is 5.78 Å². The predicted molar refractivity (Wildman–Crippen MR) is 64.3 cm³/mol. The van der Waals surface area contributed by atoms with Gasteiger partial charge in [0.05, 0.1) is 5.56 Å². The maximum absolute atomic E-state index is 12.6. The fourth-order valence-corrected chi connectivity index (χ4v) is 1.66. The molecule has 2 rings (SSSR count). The quantitative estimate of drug-likeness (QED) is 0.781. The van der Waals surface area contributed by atoms with E-state index in [4.69, 9.17) is 4.74 Å². The number of rotatable bonds is 5. The Labute approximate surface area is 108 Å². The molecule has 0 N–H and O–H groups in total. The minimum atomic E-state index is -2.66. The number of ketones is 1. The highest BCUT2D eigenvalue weighted by atomic mass is 19.3. The van der Waals surface area contributed by atoms with Gasteiger partial charge in [0.1, 0.15) is 12.4 Å². The van der Waals surface area contributed by atoms with Gasteiger partial charge in [-0.15, -0.1) is 0 Å². The van der Waals surface area contributed by atoms with E-state index < -0.39 is 6.55 Å².